The average Bonchev–Trinajstić information content (AvgIpc) is 2.45. The first-order chi connectivity index (χ1) is 9.19. The van der Waals surface area contributed by atoms with Gasteiger partial charge in [0.05, 0.1) is 6.61 Å². The Labute approximate surface area is 112 Å². The molecule has 0 aliphatic heterocycles. The van der Waals surface area contributed by atoms with Crippen LogP contribution >= 0.6 is 0 Å². The molecule has 0 amide bonds. The summed E-state index contributed by atoms with van der Waals surface area (Å²) in [7, 11) is 0. The number of rotatable bonds is 5. The molecule has 0 fully saturated rings. The highest BCUT2D eigenvalue weighted by molar-refractivity contribution is 5.25. The van der Waals surface area contributed by atoms with Gasteiger partial charge in [-0.3, -0.25) is 0 Å². The number of aliphatic hydroxyl groups is 1. The van der Waals surface area contributed by atoms with Crippen LogP contribution in [0, 0.1) is 5.82 Å². The molecule has 0 saturated carbocycles. The second kappa shape index (κ2) is 6.45. The van der Waals surface area contributed by atoms with Crippen molar-refractivity contribution in [2.75, 3.05) is 0 Å². The molecule has 19 heavy (non-hydrogen) atoms. The summed E-state index contributed by atoms with van der Waals surface area (Å²) >= 11 is 0. The van der Waals surface area contributed by atoms with Crippen LogP contribution in [-0.4, -0.2) is 5.11 Å². The number of hydrogen-bond donors (Lipinski definition) is 2. The normalized spacial score (nSPS) is 12.4. The van der Waals surface area contributed by atoms with Gasteiger partial charge in [0, 0.05) is 12.6 Å². The number of nitrogens with one attached hydrogen (secondary N) is 1. The third-order valence-corrected chi connectivity index (χ3v) is 3.14. The number of aliphatic hydroxyl groups excluding tert-OH is 1. The zero-order chi connectivity index (χ0) is 13.7. The second-order valence-corrected chi connectivity index (χ2v) is 4.64. The maximum Gasteiger partial charge on any atom is 0.123 e. The molecule has 100 valence electrons. The summed E-state index contributed by atoms with van der Waals surface area (Å²) in [4.78, 5) is 0. The van der Waals surface area contributed by atoms with Crippen molar-refractivity contribution in [1.29, 1.82) is 0 Å². The molecule has 2 N–H and O–H groups in total. The zero-order valence-corrected chi connectivity index (χ0v) is 10.9. The van der Waals surface area contributed by atoms with Crippen molar-refractivity contribution in [1.82, 2.24) is 5.32 Å². The van der Waals surface area contributed by atoms with Gasteiger partial charge in [-0.2, -0.15) is 0 Å². The van der Waals surface area contributed by atoms with Gasteiger partial charge in [0.1, 0.15) is 5.82 Å². The molecule has 2 rings (SSSR count). The van der Waals surface area contributed by atoms with Crippen molar-refractivity contribution in [3.8, 4) is 0 Å². The molecule has 1 unspecified atom stereocenters. The third-order valence-electron chi connectivity index (χ3n) is 3.14. The van der Waals surface area contributed by atoms with E-state index in [2.05, 4.69) is 12.2 Å². The van der Waals surface area contributed by atoms with Gasteiger partial charge in [-0.05, 0) is 35.7 Å². The van der Waals surface area contributed by atoms with E-state index in [4.69, 9.17) is 5.11 Å². The smallest absolute Gasteiger partial charge is 0.123 e. The van der Waals surface area contributed by atoms with Gasteiger partial charge in [-0.15, -0.1) is 0 Å². The van der Waals surface area contributed by atoms with Crippen LogP contribution in [0.15, 0.2) is 48.5 Å². The van der Waals surface area contributed by atoms with Crippen LogP contribution in [0.4, 0.5) is 4.39 Å². The molecular weight excluding hydrogens is 241 g/mol. The summed E-state index contributed by atoms with van der Waals surface area (Å²) in [6, 6.07) is 14.5. The Hall–Kier alpha value is -1.71. The fourth-order valence-electron chi connectivity index (χ4n) is 2.00. The van der Waals surface area contributed by atoms with Gasteiger partial charge < -0.3 is 10.4 Å². The maximum absolute atomic E-state index is 13.1. The molecule has 0 heterocycles. The highest BCUT2D eigenvalue weighted by Crippen LogP contribution is 2.15. The lowest BCUT2D eigenvalue weighted by molar-refractivity contribution is 0.281. The Bertz CT molecular complexity index is 542. The van der Waals surface area contributed by atoms with E-state index < -0.39 is 0 Å². The Kier molecular flexibility index (Phi) is 4.66. The van der Waals surface area contributed by atoms with Crippen LogP contribution in [-0.2, 0) is 13.2 Å². The summed E-state index contributed by atoms with van der Waals surface area (Å²) in [6.07, 6.45) is 0. The monoisotopic (exact) mass is 259 g/mol. The third kappa shape index (κ3) is 3.88. The predicted octanol–water partition coefficient (Wildman–Crippen LogP) is 3.17. The first-order valence-electron chi connectivity index (χ1n) is 6.36. The molecule has 1 atom stereocenters. The Morgan fingerprint density at radius 1 is 1.11 bits per heavy atom. The van der Waals surface area contributed by atoms with Crippen LogP contribution in [0.2, 0.25) is 0 Å². The van der Waals surface area contributed by atoms with Crippen LogP contribution in [0.1, 0.15) is 29.7 Å². The molecule has 2 aromatic rings. The first-order valence-corrected chi connectivity index (χ1v) is 6.36. The summed E-state index contributed by atoms with van der Waals surface area (Å²) in [5, 5.41) is 12.5. The van der Waals surface area contributed by atoms with Gasteiger partial charge in [-0.25, -0.2) is 4.39 Å². The molecule has 0 spiro atoms. The quantitative estimate of drug-likeness (QED) is 0.864. The zero-order valence-electron chi connectivity index (χ0n) is 10.9. The first kappa shape index (κ1) is 13.7. The highest BCUT2D eigenvalue weighted by Gasteiger charge is 2.05. The van der Waals surface area contributed by atoms with Gasteiger partial charge in [-0.1, -0.05) is 36.4 Å². The topological polar surface area (TPSA) is 32.3 Å². The Morgan fingerprint density at radius 3 is 2.58 bits per heavy atom. The largest absolute Gasteiger partial charge is 0.392 e. The Balaban J connectivity index is 1.99. The fourth-order valence-corrected chi connectivity index (χ4v) is 2.00. The van der Waals surface area contributed by atoms with E-state index in [1.807, 2.05) is 30.3 Å². The van der Waals surface area contributed by atoms with Gasteiger partial charge in [0.25, 0.3) is 0 Å². The Morgan fingerprint density at radius 2 is 1.84 bits per heavy atom. The van der Waals surface area contributed by atoms with Crippen molar-refractivity contribution in [3.05, 3.63) is 71.0 Å². The standard InChI is InChI=1S/C16H18FNO/c1-12(15-6-2-5-14(8-15)11-19)18-10-13-4-3-7-16(17)9-13/h2-9,12,18-19H,10-11H2,1H3. The molecule has 0 aliphatic rings. The van der Waals surface area contributed by atoms with E-state index in [1.54, 1.807) is 6.07 Å². The van der Waals surface area contributed by atoms with E-state index >= 15 is 0 Å². The SMILES string of the molecule is CC(NCc1cccc(F)c1)c1cccc(CO)c1. The lowest BCUT2D eigenvalue weighted by Crippen LogP contribution is -2.18. The fraction of sp³-hybridized carbons (Fsp3) is 0.250. The lowest BCUT2D eigenvalue weighted by Gasteiger charge is -2.15. The predicted molar refractivity (Wildman–Crippen MR) is 74.0 cm³/mol. The minimum absolute atomic E-state index is 0.0461. The van der Waals surface area contributed by atoms with Crippen molar-refractivity contribution in [2.45, 2.75) is 26.1 Å². The van der Waals surface area contributed by atoms with Gasteiger partial charge >= 0.3 is 0 Å². The minimum Gasteiger partial charge on any atom is -0.392 e. The number of halogens is 1. The van der Waals surface area contributed by atoms with Crippen molar-refractivity contribution >= 4 is 0 Å². The van der Waals surface area contributed by atoms with Crippen molar-refractivity contribution in [3.63, 3.8) is 0 Å². The summed E-state index contributed by atoms with van der Waals surface area (Å²) in [6.45, 7) is 2.71. The van der Waals surface area contributed by atoms with Crippen LogP contribution in [0.3, 0.4) is 0 Å². The summed E-state index contributed by atoms with van der Waals surface area (Å²) in [5.41, 5.74) is 2.94. The van der Waals surface area contributed by atoms with E-state index in [-0.39, 0.29) is 18.5 Å². The molecular formula is C16H18FNO. The summed E-state index contributed by atoms with van der Waals surface area (Å²) < 4.78 is 13.1. The lowest BCUT2D eigenvalue weighted by atomic mass is 10.1. The van der Waals surface area contributed by atoms with Crippen LogP contribution < -0.4 is 5.32 Å². The molecule has 3 heteroatoms. The van der Waals surface area contributed by atoms with E-state index in [0.717, 1.165) is 16.7 Å². The minimum atomic E-state index is -0.214. The van der Waals surface area contributed by atoms with E-state index in [9.17, 15) is 4.39 Å². The number of benzene rings is 2. The van der Waals surface area contributed by atoms with E-state index in [1.165, 1.54) is 12.1 Å². The average molecular weight is 259 g/mol. The molecule has 2 nitrogen and oxygen atoms in total. The van der Waals surface area contributed by atoms with Gasteiger partial charge in [0.2, 0.25) is 0 Å². The van der Waals surface area contributed by atoms with Crippen molar-refractivity contribution in [2.24, 2.45) is 0 Å². The maximum atomic E-state index is 13.1. The van der Waals surface area contributed by atoms with Crippen molar-refractivity contribution < 1.29 is 9.50 Å². The molecule has 0 bridgehead atoms. The molecule has 0 aromatic heterocycles. The van der Waals surface area contributed by atoms with E-state index in [0.29, 0.717) is 6.54 Å². The van der Waals surface area contributed by atoms with Gasteiger partial charge in [0.15, 0.2) is 0 Å². The molecule has 0 aliphatic carbocycles. The van der Waals surface area contributed by atoms with Crippen LogP contribution in [0.5, 0.6) is 0 Å². The summed E-state index contributed by atoms with van der Waals surface area (Å²) in [5.74, 6) is -0.214. The molecule has 2 aromatic carbocycles. The van der Waals surface area contributed by atoms with Crippen LogP contribution in [0.25, 0.3) is 0 Å². The molecule has 0 radical (unpaired) electrons. The molecule has 0 saturated heterocycles. The highest BCUT2D eigenvalue weighted by atomic mass is 19.1. The number of hydrogen-bond acceptors (Lipinski definition) is 2. The second-order valence-electron chi connectivity index (χ2n) is 4.64.